The van der Waals surface area contributed by atoms with Crippen LogP contribution in [0.2, 0.25) is 0 Å². The smallest absolute Gasteiger partial charge is 0.151 e. The molecule has 1 aliphatic rings. The number of pyridine rings is 1. The molecule has 182 valence electrons. The first-order valence-corrected chi connectivity index (χ1v) is 11.9. The van der Waals surface area contributed by atoms with E-state index in [1.165, 1.54) is 12.3 Å². The average Bonchev–Trinajstić information content (AvgIpc) is 3.19. The summed E-state index contributed by atoms with van der Waals surface area (Å²) < 4.78 is 31.7. The Morgan fingerprint density at radius 1 is 0.971 bits per heavy atom. The largest absolute Gasteiger partial charge is 0.326 e. The quantitative estimate of drug-likeness (QED) is 0.452. The van der Waals surface area contributed by atoms with Crippen LogP contribution in [0.3, 0.4) is 0 Å². The van der Waals surface area contributed by atoms with Gasteiger partial charge in [-0.05, 0) is 44.5 Å². The highest BCUT2D eigenvalue weighted by Crippen LogP contribution is 2.31. The second-order valence-electron chi connectivity index (χ2n) is 9.31. The van der Waals surface area contributed by atoms with E-state index < -0.39 is 11.6 Å². The predicted octanol–water partition coefficient (Wildman–Crippen LogP) is 4.05. The van der Waals surface area contributed by atoms with Gasteiger partial charge in [0.25, 0.3) is 0 Å². The van der Waals surface area contributed by atoms with E-state index in [1.54, 1.807) is 12.1 Å². The lowest BCUT2D eigenvalue weighted by Gasteiger charge is -2.26. The number of imidazole rings is 1. The molecule has 0 unspecified atom stereocenters. The minimum absolute atomic E-state index is 0.0965. The topological polar surface area (TPSA) is 71.8 Å². The fraction of sp³-hybridized carbons (Fsp3) is 0.385. The Hall–Kier alpha value is -3.30. The SMILES string of the molecule is Cc1nc2c(F)cc(-c3cc(Cc4ncc(CN5CCNCC5)cn4)ncc3F)cc2n1C(C)C. The van der Waals surface area contributed by atoms with Gasteiger partial charge in [-0.3, -0.25) is 9.88 Å². The monoisotopic (exact) mass is 477 g/mol. The second kappa shape index (κ2) is 9.75. The molecule has 1 saturated heterocycles. The summed E-state index contributed by atoms with van der Waals surface area (Å²) in [5, 5.41) is 3.35. The Morgan fingerprint density at radius 2 is 1.71 bits per heavy atom. The summed E-state index contributed by atoms with van der Waals surface area (Å²) in [6.45, 7) is 10.7. The highest BCUT2D eigenvalue weighted by molar-refractivity contribution is 5.83. The number of piperazine rings is 1. The minimum Gasteiger partial charge on any atom is -0.326 e. The summed E-state index contributed by atoms with van der Waals surface area (Å²) in [6.07, 6.45) is 5.21. The van der Waals surface area contributed by atoms with E-state index in [1.807, 2.05) is 37.7 Å². The highest BCUT2D eigenvalue weighted by atomic mass is 19.1. The van der Waals surface area contributed by atoms with Crippen LogP contribution < -0.4 is 5.32 Å². The van der Waals surface area contributed by atoms with Gasteiger partial charge in [0.15, 0.2) is 5.82 Å². The molecule has 4 heterocycles. The number of rotatable bonds is 6. The summed E-state index contributed by atoms with van der Waals surface area (Å²) in [5.41, 5.74) is 3.36. The first-order valence-electron chi connectivity index (χ1n) is 11.9. The molecule has 0 spiro atoms. The fourth-order valence-electron chi connectivity index (χ4n) is 4.72. The maximum Gasteiger partial charge on any atom is 0.151 e. The third-order valence-electron chi connectivity index (χ3n) is 6.38. The second-order valence-corrected chi connectivity index (χ2v) is 9.31. The minimum atomic E-state index is -0.507. The number of nitrogens with zero attached hydrogens (tertiary/aromatic N) is 6. The van der Waals surface area contributed by atoms with Crippen LogP contribution in [-0.4, -0.2) is 55.6 Å². The van der Waals surface area contributed by atoms with E-state index in [9.17, 15) is 8.78 Å². The molecule has 7 nitrogen and oxygen atoms in total. The van der Waals surface area contributed by atoms with Crippen LogP contribution in [0, 0.1) is 18.6 Å². The van der Waals surface area contributed by atoms with E-state index in [4.69, 9.17) is 0 Å². The highest BCUT2D eigenvalue weighted by Gasteiger charge is 2.18. The summed E-state index contributed by atoms with van der Waals surface area (Å²) in [5.74, 6) is 0.349. The maximum absolute atomic E-state index is 14.9. The number of aryl methyl sites for hydroxylation is 1. The molecule has 1 N–H and O–H groups in total. The average molecular weight is 478 g/mol. The van der Waals surface area contributed by atoms with Gasteiger partial charge in [-0.1, -0.05) is 0 Å². The predicted molar refractivity (Wildman–Crippen MR) is 131 cm³/mol. The van der Waals surface area contributed by atoms with E-state index in [2.05, 4.69) is 30.2 Å². The van der Waals surface area contributed by atoms with E-state index >= 15 is 0 Å². The number of nitrogens with one attached hydrogen (secondary N) is 1. The molecular weight excluding hydrogens is 448 g/mol. The molecule has 3 aromatic heterocycles. The van der Waals surface area contributed by atoms with Crippen LogP contribution in [0.15, 0.2) is 36.8 Å². The van der Waals surface area contributed by atoms with Gasteiger partial charge >= 0.3 is 0 Å². The molecule has 1 fully saturated rings. The van der Waals surface area contributed by atoms with Gasteiger partial charge in [0.05, 0.1) is 18.1 Å². The maximum atomic E-state index is 14.9. The van der Waals surface area contributed by atoms with Crippen LogP contribution in [0.25, 0.3) is 22.2 Å². The van der Waals surface area contributed by atoms with Crippen molar-refractivity contribution in [3.8, 4) is 11.1 Å². The summed E-state index contributed by atoms with van der Waals surface area (Å²) in [6, 6.07) is 4.88. The molecule has 5 rings (SSSR count). The normalized spacial score (nSPS) is 14.8. The number of hydrogen-bond acceptors (Lipinski definition) is 6. The van der Waals surface area contributed by atoms with Crippen LogP contribution in [0.1, 0.15) is 42.8 Å². The Morgan fingerprint density at radius 3 is 2.43 bits per heavy atom. The van der Waals surface area contributed by atoms with Crippen LogP contribution in [0.4, 0.5) is 8.78 Å². The lowest BCUT2D eigenvalue weighted by atomic mass is 10.0. The summed E-state index contributed by atoms with van der Waals surface area (Å²) in [7, 11) is 0. The lowest BCUT2D eigenvalue weighted by Crippen LogP contribution is -2.42. The van der Waals surface area contributed by atoms with Gasteiger partial charge in [-0.2, -0.15) is 0 Å². The third-order valence-corrected chi connectivity index (χ3v) is 6.38. The van der Waals surface area contributed by atoms with Crippen molar-refractivity contribution in [2.45, 2.75) is 39.8 Å². The van der Waals surface area contributed by atoms with Crippen molar-refractivity contribution in [3.05, 3.63) is 71.3 Å². The molecule has 0 bridgehead atoms. The number of hydrogen-bond donors (Lipinski definition) is 1. The van der Waals surface area contributed by atoms with Gasteiger partial charge < -0.3 is 9.88 Å². The Labute approximate surface area is 203 Å². The van der Waals surface area contributed by atoms with Gasteiger partial charge in [-0.25, -0.2) is 23.7 Å². The zero-order valence-electron chi connectivity index (χ0n) is 20.2. The van der Waals surface area contributed by atoms with Crippen molar-refractivity contribution in [3.63, 3.8) is 0 Å². The number of aromatic nitrogens is 5. The molecule has 0 radical (unpaired) electrons. The van der Waals surface area contributed by atoms with Crippen LogP contribution in [0.5, 0.6) is 0 Å². The van der Waals surface area contributed by atoms with E-state index in [0.717, 1.165) is 44.1 Å². The third kappa shape index (κ3) is 4.92. The molecule has 0 saturated carbocycles. The van der Waals surface area contributed by atoms with Crippen LogP contribution in [-0.2, 0) is 13.0 Å². The van der Waals surface area contributed by atoms with Crippen molar-refractivity contribution in [2.75, 3.05) is 26.2 Å². The Balaban J connectivity index is 1.40. The first kappa shape index (κ1) is 23.4. The van der Waals surface area contributed by atoms with Gasteiger partial charge in [0.1, 0.15) is 23.0 Å². The standard InChI is InChI=1S/C26H29F2N7/c1-16(2)35-17(3)33-26-22(27)8-19(9-24(26)35)21-10-20(30-14-23(21)28)11-25-31-12-18(13-32-25)15-34-6-4-29-5-7-34/h8-10,12-14,16,29H,4-7,11,15H2,1-3H3. The molecule has 9 heteroatoms. The van der Waals surface area contributed by atoms with E-state index in [-0.39, 0.29) is 6.04 Å². The molecule has 0 atom stereocenters. The summed E-state index contributed by atoms with van der Waals surface area (Å²) >= 11 is 0. The van der Waals surface area contributed by atoms with Crippen molar-refractivity contribution < 1.29 is 8.78 Å². The number of halogens is 2. The Kier molecular flexibility index (Phi) is 6.53. The Bertz CT molecular complexity index is 1340. The van der Waals surface area contributed by atoms with Gasteiger partial charge in [-0.15, -0.1) is 0 Å². The molecule has 1 aromatic carbocycles. The lowest BCUT2D eigenvalue weighted by molar-refractivity contribution is 0.232. The van der Waals surface area contributed by atoms with E-state index in [0.29, 0.717) is 40.1 Å². The molecule has 4 aromatic rings. The molecule has 1 aliphatic heterocycles. The zero-order chi connectivity index (χ0) is 24.5. The molecule has 0 amide bonds. The van der Waals surface area contributed by atoms with Crippen molar-refractivity contribution in [1.82, 2.24) is 34.7 Å². The molecule has 35 heavy (non-hydrogen) atoms. The molecular formula is C26H29F2N7. The number of benzene rings is 1. The van der Waals surface area contributed by atoms with Gasteiger partial charge in [0.2, 0.25) is 0 Å². The van der Waals surface area contributed by atoms with Crippen LogP contribution >= 0.6 is 0 Å². The first-order chi connectivity index (χ1) is 16.9. The van der Waals surface area contributed by atoms with Crippen molar-refractivity contribution >= 4 is 11.0 Å². The number of fused-ring (bicyclic) bond motifs is 1. The zero-order valence-corrected chi connectivity index (χ0v) is 20.2. The summed E-state index contributed by atoms with van der Waals surface area (Å²) in [4.78, 5) is 20.0. The molecule has 0 aliphatic carbocycles. The van der Waals surface area contributed by atoms with Crippen molar-refractivity contribution in [2.24, 2.45) is 0 Å². The van der Waals surface area contributed by atoms with Gasteiger partial charge in [0, 0.05) is 68.0 Å². The fourth-order valence-corrected chi connectivity index (χ4v) is 4.72. The van der Waals surface area contributed by atoms with Crippen molar-refractivity contribution in [1.29, 1.82) is 0 Å².